The molecular weight excluding hydrogens is 274 g/mol. The second-order valence-electron chi connectivity index (χ2n) is 7.37. The van der Waals surface area contributed by atoms with Crippen LogP contribution in [0.1, 0.15) is 54.9 Å². The van der Waals surface area contributed by atoms with Crippen LogP contribution in [0.4, 0.5) is 4.79 Å². The van der Waals surface area contributed by atoms with E-state index in [-0.39, 0.29) is 6.42 Å². The Kier molecular flexibility index (Phi) is 4.70. The molecule has 2 atom stereocenters. The highest BCUT2D eigenvalue weighted by atomic mass is 16.6. The predicted octanol–water partition coefficient (Wildman–Crippen LogP) is 2.50. The summed E-state index contributed by atoms with van der Waals surface area (Å²) >= 11 is 0. The van der Waals surface area contributed by atoms with E-state index in [1.54, 1.807) is 48.5 Å². The van der Waals surface area contributed by atoms with Crippen molar-refractivity contribution < 1.29 is 23.9 Å². The SMILES string of the molecule is CC1C[C@@H](C(=O)OC(C)(C)C)N(C(=O)OC(C)(C)C)C1=O. The van der Waals surface area contributed by atoms with Gasteiger partial charge in [-0.15, -0.1) is 0 Å². The number of imide groups is 1. The van der Waals surface area contributed by atoms with Gasteiger partial charge in [-0.25, -0.2) is 14.5 Å². The molecule has 0 bridgehead atoms. The minimum atomic E-state index is -0.915. The standard InChI is InChI=1S/C15H25NO5/c1-9-8-10(12(18)20-14(2,3)4)16(11(9)17)13(19)21-15(5,6)7/h9-10H,8H2,1-7H3/t9?,10-/m0/s1. The van der Waals surface area contributed by atoms with Crippen LogP contribution in [0, 0.1) is 5.92 Å². The van der Waals surface area contributed by atoms with Crippen molar-refractivity contribution in [2.24, 2.45) is 5.92 Å². The molecule has 1 fully saturated rings. The second kappa shape index (κ2) is 5.66. The van der Waals surface area contributed by atoms with Gasteiger partial charge in [0.2, 0.25) is 5.91 Å². The van der Waals surface area contributed by atoms with Crippen molar-refractivity contribution in [1.29, 1.82) is 0 Å². The lowest BCUT2D eigenvalue weighted by Crippen LogP contribution is -2.47. The topological polar surface area (TPSA) is 72.9 Å². The van der Waals surface area contributed by atoms with Crippen LogP contribution in [-0.4, -0.2) is 40.1 Å². The van der Waals surface area contributed by atoms with E-state index in [0.29, 0.717) is 0 Å². The van der Waals surface area contributed by atoms with E-state index in [1.807, 2.05) is 0 Å². The van der Waals surface area contributed by atoms with E-state index in [0.717, 1.165) is 4.90 Å². The highest BCUT2D eigenvalue weighted by Gasteiger charge is 2.47. The third-order valence-corrected chi connectivity index (χ3v) is 2.82. The largest absolute Gasteiger partial charge is 0.458 e. The Bertz CT molecular complexity index is 444. The average Bonchev–Trinajstić information content (AvgIpc) is 2.50. The third-order valence-electron chi connectivity index (χ3n) is 2.82. The molecule has 21 heavy (non-hydrogen) atoms. The molecule has 0 aromatic carbocycles. The number of ether oxygens (including phenoxy) is 2. The molecule has 120 valence electrons. The van der Waals surface area contributed by atoms with Crippen molar-refractivity contribution in [1.82, 2.24) is 4.90 Å². The summed E-state index contributed by atoms with van der Waals surface area (Å²) < 4.78 is 10.5. The van der Waals surface area contributed by atoms with Gasteiger partial charge in [-0.1, -0.05) is 6.92 Å². The molecule has 0 spiro atoms. The van der Waals surface area contributed by atoms with Crippen LogP contribution in [-0.2, 0) is 19.1 Å². The molecule has 1 rings (SSSR count). The first-order chi connectivity index (χ1) is 9.32. The molecule has 0 N–H and O–H groups in total. The quantitative estimate of drug-likeness (QED) is 0.696. The van der Waals surface area contributed by atoms with Crippen LogP contribution >= 0.6 is 0 Å². The fourth-order valence-corrected chi connectivity index (χ4v) is 2.03. The van der Waals surface area contributed by atoms with E-state index in [4.69, 9.17) is 9.47 Å². The van der Waals surface area contributed by atoms with Crippen LogP contribution in [0.3, 0.4) is 0 Å². The van der Waals surface area contributed by atoms with Crippen LogP contribution in [0.5, 0.6) is 0 Å². The molecule has 0 aromatic heterocycles. The Morgan fingerprint density at radius 2 is 1.52 bits per heavy atom. The molecule has 2 amide bonds. The molecule has 0 radical (unpaired) electrons. The zero-order valence-corrected chi connectivity index (χ0v) is 13.9. The Hall–Kier alpha value is -1.59. The molecule has 6 heteroatoms. The number of nitrogens with zero attached hydrogens (tertiary/aromatic N) is 1. The van der Waals surface area contributed by atoms with Crippen LogP contribution in [0.25, 0.3) is 0 Å². The highest BCUT2D eigenvalue weighted by Crippen LogP contribution is 2.28. The monoisotopic (exact) mass is 299 g/mol. The lowest BCUT2D eigenvalue weighted by Gasteiger charge is -2.28. The summed E-state index contributed by atoms with van der Waals surface area (Å²) in [6.45, 7) is 12.0. The molecule has 1 heterocycles. The van der Waals surface area contributed by atoms with E-state index >= 15 is 0 Å². The van der Waals surface area contributed by atoms with Crippen LogP contribution in [0.15, 0.2) is 0 Å². The minimum Gasteiger partial charge on any atom is -0.458 e. The van der Waals surface area contributed by atoms with Gasteiger partial charge in [0.25, 0.3) is 0 Å². The maximum atomic E-state index is 12.2. The Morgan fingerprint density at radius 3 is 1.95 bits per heavy atom. The summed E-state index contributed by atoms with van der Waals surface area (Å²) in [6.07, 6.45) is -0.541. The minimum absolute atomic E-state index is 0.257. The Balaban J connectivity index is 2.94. The van der Waals surface area contributed by atoms with E-state index in [1.165, 1.54) is 0 Å². The van der Waals surface area contributed by atoms with Crippen molar-refractivity contribution in [2.75, 3.05) is 0 Å². The van der Waals surface area contributed by atoms with Gasteiger partial charge in [-0.3, -0.25) is 4.79 Å². The molecular formula is C15H25NO5. The summed E-state index contributed by atoms with van der Waals surface area (Å²) in [4.78, 5) is 37.4. The number of amides is 2. The van der Waals surface area contributed by atoms with E-state index in [9.17, 15) is 14.4 Å². The van der Waals surface area contributed by atoms with Gasteiger partial charge < -0.3 is 9.47 Å². The first-order valence-electron chi connectivity index (χ1n) is 7.11. The van der Waals surface area contributed by atoms with Gasteiger partial charge in [0, 0.05) is 5.92 Å². The van der Waals surface area contributed by atoms with Crippen LogP contribution < -0.4 is 0 Å². The Morgan fingerprint density at radius 1 is 1.05 bits per heavy atom. The first kappa shape index (κ1) is 17.5. The van der Waals surface area contributed by atoms with Crippen molar-refractivity contribution >= 4 is 18.0 Å². The average molecular weight is 299 g/mol. The molecule has 1 aliphatic heterocycles. The zero-order valence-electron chi connectivity index (χ0n) is 13.9. The van der Waals surface area contributed by atoms with Crippen molar-refractivity contribution in [3.8, 4) is 0 Å². The van der Waals surface area contributed by atoms with Gasteiger partial charge >= 0.3 is 12.1 Å². The third kappa shape index (κ3) is 4.72. The molecule has 0 aliphatic carbocycles. The normalized spacial score (nSPS) is 23.2. The van der Waals surface area contributed by atoms with Gasteiger partial charge in [0.05, 0.1) is 0 Å². The van der Waals surface area contributed by atoms with Gasteiger partial charge in [0.1, 0.15) is 17.2 Å². The predicted molar refractivity (Wildman–Crippen MR) is 76.5 cm³/mol. The smallest absolute Gasteiger partial charge is 0.417 e. The summed E-state index contributed by atoms with van der Waals surface area (Å²) in [5.41, 5.74) is -1.41. The molecule has 6 nitrogen and oxygen atoms in total. The lowest BCUT2D eigenvalue weighted by molar-refractivity contribution is -0.161. The molecule has 1 aliphatic rings. The Labute approximate surface area is 125 Å². The zero-order chi connectivity index (χ0) is 16.6. The van der Waals surface area contributed by atoms with E-state index < -0.39 is 41.1 Å². The fraction of sp³-hybridized carbons (Fsp3) is 0.800. The second-order valence-corrected chi connectivity index (χ2v) is 7.37. The van der Waals surface area contributed by atoms with Gasteiger partial charge in [0.15, 0.2) is 0 Å². The number of carbonyl (C=O) groups is 3. The van der Waals surface area contributed by atoms with E-state index in [2.05, 4.69) is 0 Å². The van der Waals surface area contributed by atoms with Crippen molar-refractivity contribution in [3.05, 3.63) is 0 Å². The number of hydrogen-bond acceptors (Lipinski definition) is 5. The molecule has 1 unspecified atom stereocenters. The number of rotatable bonds is 1. The fourth-order valence-electron chi connectivity index (χ4n) is 2.03. The van der Waals surface area contributed by atoms with Crippen molar-refractivity contribution in [3.63, 3.8) is 0 Å². The molecule has 0 aromatic rings. The highest BCUT2D eigenvalue weighted by molar-refractivity contribution is 6.00. The van der Waals surface area contributed by atoms with Crippen LogP contribution in [0.2, 0.25) is 0 Å². The van der Waals surface area contributed by atoms with Crippen molar-refractivity contribution in [2.45, 2.75) is 72.1 Å². The summed E-state index contributed by atoms with van der Waals surface area (Å²) in [5.74, 6) is -1.39. The maximum Gasteiger partial charge on any atom is 0.417 e. The van der Waals surface area contributed by atoms with Gasteiger partial charge in [-0.05, 0) is 48.0 Å². The van der Waals surface area contributed by atoms with Gasteiger partial charge in [-0.2, -0.15) is 0 Å². The molecule has 1 saturated heterocycles. The summed E-state index contributed by atoms with van der Waals surface area (Å²) in [7, 11) is 0. The summed E-state index contributed by atoms with van der Waals surface area (Å²) in [5, 5.41) is 0. The number of carbonyl (C=O) groups excluding carboxylic acids is 3. The molecule has 0 saturated carbocycles. The number of esters is 1. The lowest BCUT2D eigenvalue weighted by atomic mass is 10.1. The summed E-state index contributed by atoms with van der Waals surface area (Å²) in [6, 6.07) is -0.915. The number of hydrogen-bond donors (Lipinski definition) is 0. The number of likely N-dealkylation sites (tertiary alicyclic amines) is 1. The first-order valence-corrected chi connectivity index (χ1v) is 7.11. The maximum absolute atomic E-state index is 12.2.